The molecule has 0 bridgehead atoms. The number of carboxylic acid groups (broad SMARTS) is 1. The standard InChI is InChI=1S/C4H12N2.C2H4O2.Cu/c1-6(2)4-3-5;1-2(3)4;/h3-5H2,1-2H3;1H3,(H,3,4);/q;;+1/p-1. The van der Waals surface area contributed by atoms with Gasteiger partial charge in [-0.25, -0.2) is 0 Å². The summed E-state index contributed by atoms with van der Waals surface area (Å²) < 4.78 is 0. The van der Waals surface area contributed by atoms with E-state index in [0.717, 1.165) is 20.0 Å². The maximum Gasteiger partial charge on any atom is 1.00 e. The summed E-state index contributed by atoms with van der Waals surface area (Å²) in [6, 6.07) is 0. The first-order valence-electron chi connectivity index (χ1n) is 3.03. The molecule has 0 rings (SSSR count). The van der Waals surface area contributed by atoms with Gasteiger partial charge < -0.3 is 20.5 Å². The van der Waals surface area contributed by atoms with Crippen molar-refractivity contribution in [3.05, 3.63) is 0 Å². The largest absolute Gasteiger partial charge is 1.00 e. The number of carbonyl (C=O) groups excluding carboxylic acids is 1. The number of hydrogen-bond donors (Lipinski definition) is 1. The SMILES string of the molecule is CC(=O)[O-].CN(C)CCN.[Cu+]. The van der Waals surface area contributed by atoms with Crippen LogP contribution >= 0.6 is 0 Å². The predicted octanol–water partition coefficient (Wildman–Crippen LogP) is -1.74. The molecular formula is C6H15CuN2O2. The normalized spacial score (nSPS) is 7.73. The molecule has 0 atom stereocenters. The Morgan fingerprint density at radius 2 is 1.82 bits per heavy atom. The van der Waals surface area contributed by atoms with Crippen LogP contribution in [0.25, 0.3) is 0 Å². The molecule has 0 aliphatic heterocycles. The summed E-state index contributed by atoms with van der Waals surface area (Å²) in [7, 11) is 4.01. The summed E-state index contributed by atoms with van der Waals surface area (Å²) in [6.45, 7) is 2.72. The third-order valence-electron chi connectivity index (χ3n) is 0.576. The minimum Gasteiger partial charge on any atom is -0.550 e. The second-order valence-electron chi connectivity index (χ2n) is 2.08. The molecule has 0 aromatic heterocycles. The Labute approximate surface area is 78.2 Å². The molecule has 0 fully saturated rings. The van der Waals surface area contributed by atoms with Crippen LogP contribution in [0.5, 0.6) is 0 Å². The van der Waals surface area contributed by atoms with Gasteiger partial charge in [-0.3, -0.25) is 0 Å². The number of likely N-dealkylation sites (N-methyl/N-ethyl adjacent to an activating group) is 1. The zero-order valence-electron chi connectivity index (χ0n) is 7.06. The number of carboxylic acids is 1. The molecule has 0 aromatic carbocycles. The van der Waals surface area contributed by atoms with Crippen LogP contribution in [0.15, 0.2) is 0 Å². The first-order valence-corrected chi connectivity index (χ1v) is 3.03. The Morgan fingerprint density at radius 3 is 1.82 bits per heavy atom. The van der Waals surface area contributed by atoms with Crippen LogP contribution in [0.3, 0.4) is 0 Å². The molecule has 0 saturated carbocycles. The van der Waals surface area contributed by atoms with E-state index in [1.165, 1.54) is 0 Å². The Morgan fingerprint density at radius 1 is 1.55 bits per heavy atom. The molecule has 5 heteroatoms. The number of hydrogen-bond acceptors (Lipinski definition) is 4. The van der Waals surface area contributed by atoms with Crippen LogP contribution in [0.4, 0.5) is 0 Å². The number of rotatable bonds is 2. The van der Waals surface area contributed by atoms with Crippen molar-refractivity contribution in [2.45, 2.75) is 6.92 Å². The van der Waals surface area contributed by atoms with E-state index < -0.39 is 5.97 Å². The van der Waals surface area contributed by atoms with Crippen molar-refractivity contribution in [2.75, 3.05) is 27.2 Å². The molecule has 72 valence electrons. The van der Waals surface area contributed by atoms with Crippen LogP contribution in [-0.2, 0) is 21.9 Å². The first kappa shape index (κ1) is 17.1. The van der Waals surface area contributed by atoms with Crippen molar-refractivity contribution in [3.63, 3.8) is 0 Å². The molecule has 0 saturated heterocycles. The maximum atomic E-state index is 8.89. The van der Waals surface area contributed by atoms with Crippen LogP contribution in [0.1, 0.15) is 6.92 Å². The molecular weight excluding hydrogens is 196 g/mol. The summed E-state index contributed by atoms with van der Waals surface area (Å²) in [6.07, 6.45) is 0. The van der Waals surface area contributed by atoms with E-state index >= 15 is 0 Å². The van der Waals surface area contributed by atoms with Crippen LogP contribution in [-0.4, -0.2) is 38.1 Å². The molecule has 0 radical (unpaired) electrons. The van der Waals surface area contributed by atoms with Gasteiger partial charge in [0.1, 0.15) is 0 Å². The van der Waals surface area contributed by atoms with Gasteiger partial charge in [0.25, 0.3) is 0 Å². The fraction of sp³-hybridized carbons (Fsp3) is 0.833. The summed E-state index contributed by atoms with van der Waals surface area (Å²) in [4.78, 5) is 10.9. The van der Waals surface area contributed by atoms with E-state index in [2.05, 4.69) is 4.90 Å². The first-order chi connectivity index (χ1) is 4.50. The number of nitrogens with two attached hydrogens (primary N) is 1. The zero-order chi connectivity index (χ0) is 8.57. The Kier molecular flexibility index (Phi) is 19.6. The minimum atomic E-state index is -1.08. The quantitative estimate of drug-likeness (QED) is 0.550. The molecule has 4 nitrogen and oxygen atoms in total. The van der Waals surface area contributed by atoms with Gasteiger partial charge in [0, 0.05) is 19.1 Å². The fourth-order valence-corrected chi connectivity index (χ4v) is 0.258. The van der Waals surface area contributed by atoms with E-state index in [1.54, 1.807) is 0 Å². The van der Waals surface area contributed by atoms with E-state index in [-0.39, 0.29) is 17.1 Å². The molecule has 0 aliphatic rings. The Bertz CT molecular complexity index is 84.7. The molecule has 2 N–H and O–H groups in total. The second-order valence-corrected chi connectivity index (χ2v) is 2.08. The van der Waals surface area contributed by atoms with Gasteiger partial charge in [0.05, 0.1) is 0 Å². The van der Waals surface area contributed by atoms with Gasteiger partial charge in [-0.1, -0.05) is 0 Å². The number of aliphatic carboxylic acids is 1. The molecule has 0 amide bonds. The van der Waals surface area contributed by atoms with Gasteiger partial charge in [0.2, 0.25) is 0 Å². The topological polar surface area (TPSA) is 69.4 Å². The Balaban J connectivity index is -0.000000114. The summed E-state index contributed by atoms with van der Waals surface area (Å²) in [5.74, 6) is -1.08. The average molecular weight is 211 g/mol. The van der Waals surface area contributed by atoms with Crippen LogP contribution in [0.2, 0.25) is 0 Å². The van der Waals surface area contributed by atoms with Crippen molar-refractivity contribution < 1.29 is 27.0 Å². The molecule has 0 aromatic rings. The number of nitrogens with zero attached hydrogens (tertiary/aromatic N) is 1. The summed E-state index contributed by atoms with van der Waals surface area (Å²) in [5.41, 5.74) is 5.19. The van der Waals surface area contributed by atoms with Crippen molar-refractivity contribution in [1.82, 2.24) is 4.90 Å². The predicted molar refractivity (Wildman–Crippen MR) is 38.3 cm³/mol. The maximum absolute atomic E-state index is 8.89. The second kappa shape index (κ2) is 12.6. The fourth-order valence-electron chi connectivity index (χ4n) is 0.258. The van der Waals surface area contributed by atoms with Gasteiger partial charge in [-0.2, -0.15) is 0 Å². The molecule has 0 unspecified atom stereocenters. The molecule has 11 heavy (non-hydrogen) atoms. The molecule has 0 aliphatic carbocycles. The molecule has 0 heterocycles. The number of carbonyl (C=O) groups is 1. The van der Waals surface area contributed by atoms with E-state index in [4.69, 9.17) is 15.6 Å². The van der Waals surface area contributed by atoms with Crippen LogP contribution < -0.4 is 10.8 Å². The van der Waals surface area contributed by atoms with E-state index in [1.807, 2.05) is 14.1 Å². The third kappa shape index (κ3) is 73.2. The van der Waals surface area contributed by atoms with Gasteiger partial charge >= 0.3 is 17.1 Å². The van der Waals surface area contributed by atoms with Crippen molar-refractivity contribution >= 4 is 5.97 Å². The minimum absolute atomic E-state index is 0. The summed E-state index contributed by atoms with van der Waals surface area (Å²) in [5, 5.41) is 8.89. The van der Waals surface area contributed by atoms with E-state index in [9.17, 15) is 0 Å². The van der Waals surface area contributed by atoms with Crippen molar-refractivity contribution in [2.24, 2.45) is 5.73 Å². The Hall–Kier alpha value is -0.0905. The van der Waals surface area contributed by atoms with Crippen molar-refractivity contribution in [3.8, 4) is 0 Å². The van der Waals surface area contributed by atoms with E-state index in [0.29, 0.717) is 0 Å². The third-order valence-corrected chi connectivity index (χ3v) is 0.576. The molecule has 0 spiro atoms. The van der Waals surface area contributed by atoms with Gasteiger partial charge in [0.15, 0.2) is 0 Å². The van der Waals surface area contributed by atoms with Crippen molar-refractivity contribution in [1.29, 1.82) is 0 Å². The average Bonchev–Trinajstić information content (AvgIpc) is 1.62. The monoisotopic (exact) mass is 210 g/mol. The van der Waals surface area contributed by atoms with Crippen LogP contribution in [0, 0.1) is 0 Å². The zero-order valence-corrected chi connectivity index (χ0v) is 8.00. The van der Waals surface area contributed by atoms with Gasteiger partial charge in [-0.15, -0.1) is 0 Å². The summed E-state index contributed by atoms with van der Waals surface area (Å²) >= 11 is 0. The smallest absolute Gasteiger partial charge is 0.550 e. The van der Waals surface area contributed by atoms with Gasteiger partial charge in [-0.05, 0) is 21.0 Å².